The highest BCUT2D eigenvalue weighted by Gasteiger charge is 2.42. The molecule has 1 heterocycles. The van der Waals surface area contributed by atoms with Crippen molar-refractivity contribution in [2.75, 3.05) is 6.61 Å². The normalized spacial score (nSPS) is 15.9. The van der Waals surface area contributed by atoms with Gasteiger partial charge in [0.15, 0.2) is 5.78 Å². The summed E-state index contributed by atoms with van der Waals surface area (Å²) in [5.74, 6) is -1.82. The Kier molecular flexibility index (Phi) is 6.34. The number of Topliss-reactive ketones (excluding diaryl/α,β-unsaturated/α-hetero) is 1. The third-order valence-corrected chi connectivity index (χ3v) is 6.48. The lowest BCUT2D eigenvalue weighted by molar-refractivity contribution is -0.384. The first-order chi connectivity index (χ1) is 18.3. The number of nitrogens with one attached hydrogen (secondary N) is 1. The minimum absolute atomic E-state index is 0.133. The second-order valence-corrected chi connectivity index (χ2v) is 8.74. The summed E-state index contributed by atoms with van der Waals surface area (Å²) in [5, 5.41) is 14.1. The number of carbonyl (C=O) groups is 3. The number of non-ortho nitro benzene ring substituents is 1. The Morgan fingerprint density at radius 3 is 2.24 bits per heavy atom. The number of esters is 2. The first-order valence-electron chi connectivity index (χ1n) is 11.9. The van der Waals surface area contributed by atoms with Crippen LogP contribution in [0.4, 0.5) is 5.69 Å². The van der Waals surface area contributed by atoms with Crippen LogP contribution in [-0.4, -0.2) is 29.3 Å². The summed E-state index contributed by atoms with van der Waals surface area (Å²) in [6.45, 7) is 3.67. The summed E-state index contributed by atoms with van der Waals surface area (Å²) in [5.41, 5.74) is 4.04. The van der Waals surface area contributed by atoms with Crippen molar-refractivity contribution in [3.8, 4) is 5.75 Å². The lowest BCUT2D eigenvalue weighted by Gasteiger charge is -2.29. The van der Waals surface area contributed by atoms with E-state index in [1.165, 1.54) is 24.3 Å². The summed E-state index contributed by atoms with van der Waals surface area (Å²) in [7, 11) is 0. The van der Waals surface area contributed by atoms with E-state index < -0.39 is 22.8 Å². The van der Waals surface area contributed by atoms with Crippen LogP contribution in [0.3, 0.4) is 0 Å². The van der Waals surface area contributed by atoms with Crippen molar-refractivity contribution in [1.82, 2.24) is 5.32 Å². The Morgan fingerprint density at radius 2 is 1.61 bits per heavy atom. The van der Waals surface area contributed by atoms with E-state index in [1.54, 1.807) is 50.2 Å². The number of hydrogen-bond donors (Lipinski definition) is 1. The quantitative estimate of drug-likeness (QED) is 0.214. The van der Waals surface area contributed by atoms with E-state index in [-0.39, 0.29) is 29.4 Å². The van der Waals surface area contributed by atoms with Crippen LogP contribution in [0.2, 0.25) is 0 Å². The standard InChI is InChI=1S/C29H22N2O7/c1-3-37-29(34)23-16(2)30-26-21-6-4-5-7-22(21)27(32)25(26)24(23)17-10-14-20(15-11-17)38-28(33)18-8-12-19(13-9-18)31(35)36/h4-15,24,30H,3H2,1-2H3/t24-/m0/s1. The second kappa shape index (κ2) is 9.78. The van der Waals surface area contributed by atoms with Gasteiger partial charge in [0.05, 0.1) is 28.4 Å². The number of nitrogens with zero attached hydrogens (tertiary/aromatic N) is 1. The average molecular weight is 511 g/mol. The Bertz CT molecular complexity index is 1550. The van der Waals surface area contributed by atoms with Gasteiger partial charge >= 0.3 is 11.9 Å². The molecular formula is C29H22N2O7. The fraction of sp³-hybridized carbons (Fsp3) is 0.138. The van der Waals surface area contributed by atoms with Crippen LogP contribution >= 0.6 is 0 Å². The SMILES string of the molecule is CCOC(=O)C1=C(C)NC2=C(C(=O)c3ccccc32)[C@H]1c1ccc(OC(=O)c2ccc([N+](=O)[O-])cc2)cc1. The van der Waals surface area contributed by atoms with Crippen LogP contribution in [-0.2, 0) is 9.53 Å². The van der Waals surface area contributed by atoms with Gasteiger partial charge in [-0.2, -0.15) is 0 Å². The number of fused-ring (bicyclic) bond motifs is 2. The highest BCUT2D eigenvalue weighted by Crippen LogP contribution is 2.46. The van der Waals surface area contributed by atoms with E-state index >= 15 is 0 Å². The highest BCUT2D eigenvalue weighted by atomic mass is 16.6. The number of nitro groups is 1. The second-order valence-electron chi connectivity index (χ2n) is 8.74. The molecule has 0 amide bonds. The lowest BCUT2D eigenvalue weighted by Crippen LogP contribution is -2.29. The minimum Gasteiger partial charge on any atom is -0.463 e. The lowest BCUT2D eigenvalue weighted by atomic mass is 9.80. The molecule has 0 saturated carbocycles. The minimum atomic E-state index is -0.690. The molecule has 3 aromatic carbocycles. The number of ether oxygens (including phenoxy) is 2. The Labute approximate surface area is 217 Å². The monoisotopic (exact) mass is 510 g/mol. The number of allylic oxidation sites excluding steroid dienone is 2. The van der Waals surface area contributed by atoms with Gasteiger partial charge in [-0.05, 0) is 43.7 Å². The summed E-state index contributed by atoms with van der Waals surface area (Å²) in [6, 6.07) is 18.9. The van der Waals surface area contributed by atoms with Crippen molar-refractivity contribution in [3.63, 3.8) is 0 Å². The van der Waals surface area contributed by atoms with Crippen molar-refractivity contribution in [3.05, 3.63) is 122 Å². The van der Waals surface area contributed by atoms with Gasteiger partial charge < -0.3 is 14.8 Å². The molecule has 0 aromatic heterocycles. The maximum Gasteiger partial charge on any atom is 0.343 e. The first-order valence-corrected chi connectivity index (χ1v) is 11.9. The maximum absolute atomic E-state index is 13.5. The zero-order valence-corrected chi connectivity index (χ0v) is 20.5. The molecule has 0 saturated heterocycles. The van der Waals surface area contributed by atoms with Gasteiger partial charge in [0, 0.05) is 40.4 Å². The van der Waals surface area contributed by atoms with Crippen LogP contribution in [0.1, 0.15) is 51.6 Å². The van der Waals surface area contributed by atoms with Gasteiger partial charge in [-0.25, -0.2) is 9.59 Å². The Balaban J connectivity index is 1.48. The number of nitro benzene ring substituents is 1. The molecule has 0 fully saturated rings. The fourth-order valence-electron chi connectivity index (χ4n) is 4.76. The molecule has 9 nitrogen and oxygen atoms in total. The molecule has 2 aliphatic rings. The fourth-order valence-corrected chi connectivity index (χ4v) is 4.76. The van der Waals surface area contributed by atoms with E-state index in [9.17, 15) is 24.5 Å². The predicted molar refractivity (Wildman–Crippen MR) is 137 cm³/mol. The summed E-state index contributed by atoms with van der Waals surface area (Å²) < 4.78 is 10.8. The van der Waals surface area contributed by atoms with Crippen molar-refractivity contribution < 1.29 is 28.8 Å². The molecule has 0 radical (unpaired) electrons. The van der Waals surface area contributed by atoms with Crippen LogP contribution in [0, 0.1) is 10.1 Å². The molecule has 1 aliphatic heterocycles. The molecule has 1 atom stereocenters. The van der Waals surface area contributed by atoms with Gasteiger partial charge in [-0.15, -0.1) is 0 Å². The van der Waals surface area contributed by atoms with Gasteiger partial charge in [-0.1, -0.05) is 36.4 Å². The van der Waals surface area contributed by atoms with Crippen LogP contribution in [0.15, 0.2) is 89.6 Å². The molecule has 0 unspecified atom stereocenters. The molecule has 0 bridgehead atoms. The Hall–Kier alpha value is -5.05. The van der Waals surface area contributed by atoms with Crippen LogP contribution < -0.4 is 10.1 Å². The number of dihydropyridines is 1. The van der Waals surface area contributed by atoms with Crippen molar-refractivity contribution >= 4 is 29.1 Å². The van der Waals surface area contributed by atoms with E-state index in [0.717, 1.165) is 5.56 Å². The molecule has 9 heteroatoms. The average Bonchev–Trinajstić information content (AvgIpc) is 3.20. The van der Waals surface area contributed by atoms with Crippen molar-refractivity contribution in [2.45, 2.75) is 19.8 Å². The smallest absolute Gasteiger partial charge is 0.343 e. The number of rotatable bonds is 6. The van der Waals surface area contributed by atoms with Crippen LogP contribution in [0.25, 0.3) is 5.70 Å². The number of carbonyl (C=O) groups excluding carboxylic acids is 3. The Morgan fingerprint density at radius 1 is 0.947 bits per heavy atom. The predicted octanol–water partition coefficient (Wildman–Crippen LogP) is 4.95. The molecule has 5 rings (SSSR count). The summed E-state index contributed by atoms with van der Waals surface area (Å²) >= 11 is 0. The van der Waals surface area contributed by atoms with Gasteiger partial charge in [0.25, 0.3) is 5.69 Å². The molecule has 3 aromatic rings. The van der Waals surface area contributed by atoms with Gasteiger partial charge in [-0.3, -0.25) is 14.9 Å². The van der Waals surface area contributed by atoms with Crippen molar-refractivity contribution in [1.29, 1.82) is 0 Å². The molecular weight excluding hydrogens is 488 g/mol. The molecule has 190 valence electrons. The third kappa shape index (κ3) is 4.24. The maximum atomic E-state index is 13.5. The highest BCUT2D eigenvalue weighted by molar-refractivity contribution is 6.23. The number of benzene rings is 3. The molecule has 38 heavy (non-hydrogen) atoms. The molecule has 0 spiro atoms. The number of hydrogen-bond acceptors (Lipinski definition) is 8. The molecule has 1 N–H and O–H groups in total. The zero-order chi connectivity index (χ0) is 27.0. The first kappa shape index (κ1) is 24.6. The molecule has 1 aliphatic carbocycles. The van der Waals surface area contributed by atoms with E-state index in [0.29, 0.717) is 33.7 Å². The van der Waals surface area contributed by atoms with Gasteiger partial charge in [0.2, 0.25) is 0 Å². The van der Waals surface area contributed by atoms with E-state index in [2.05, 4.69) is 5.32 Å². The summed E-state index contributed by atoms with van der Waals surface area (Å²) in [6.07, 6.45) is 0. The topological polar surface area (TPSA) is 125 Å². The van der Waals surface area contributed by atoms with Crippen molar-refractivity contribution in [2.24, 2.45) is 0 Å². The zero-order valence-electron chi connectivity index (χ0n) is 20.5. The van der Waals surface area contributed by atoms with Crippen LogP contribution in [0.5, 0.6) is 5.75 Å². The van der Waals surface area contributed by atoms with E-state index in [1.807, 2.05) is 12.1 Å². The summed E-state index contributed by atoms with van der Waals surface area (Å²) in [4.78, 5) is 49.4. The number of ketones is 1. The third-order valence-electron chi connectivity index (χ3n) is 6.48. The van der Waals surface area contributed by atoms with Gasteiger partial charge in [0.1, 0.15) is 5.75 Å². The largest absolute Gasteiger partial charge is 0.463 e. The van der Waals surface area contributed by atoms with E-state index in [4.69, 9.17) is 9.47 Å².